The highest BCUT2D eigenvalue weighted by molar-refractivity contribution is 6.00. The third kappa shape index (κ3) is 2.27. The number of nitrogens with zero attached hydrogens (tertiary/aromatic N) is 1. The molecule has 1 unspecified atom stereocenters. The van der Waals surface area contributed by atoms with E-state index in [0.717, 1.165) is 10.8 Å². The van der Waals surface area contributed by atoms with Gasteiger partial charge in [0.25, 0.3) is 5.91 Å². The zero-order chi connectivity index (χ0) is 13.2. The molecule has 1 saturated heterocycles. The van der Waals surface area contributed by atoms with E-state index in [2.05, 4.69) is 10.3 Å². The Balaban J connectivity index is 1.89. The monoisotopic (exact) mass is 256 g/mol. The minimum absolute atomic E-state index is 0.249. The van der Waals surface area contributed by atoms with E-state index in [9.17, 15) is 9.59 Å². The van der Waals surface area contributed by atoms with Crippen molar-refractivity contribution in [1.82, 2.24) is 10.3 Å². The molecule has 1 aromatic heterocycles. The summed E-state index contributed by atoms with van der Waals surface area (Å²) >= 11 is 0. The maximum absolute atomic E-state index is 11.7. The lowest BCUT2D eigenvalue weighted by Crippen LogP contribution is -2.46. The third-order valence-corrected chi connectivity index (χ3v) is 3.09. The summed E-state index contributed by atoms with van der Waals surface area (Å²) in [5, 5.41) is 4.13. The van der Waals surface area contributed by atoms with Crippen LogP contribution in [-0.4, -0.2) is 22.9 Å². The SMILES string of the molecule is O=C1CCC(Oc2cncc3ccccc23)C(=O)N1. The lowest BCUT2D eigenvalue weighted by molar-refractivity contribution is -0.138. The number of nitrogens with one attached hydrogen (secondary N) is 1. The van der Waals surface area contributed by atoms with Gasteiger partial charge in [0.15, 0.2) is 6.10 Å². The molecule has 1 aromatic carbocycles. The summed E-state index contributed by atoms with van der Waals surface area (Å²) in [6, 6.07) is 7.66. The van der Waals surface area contributed by atoms with Crippen molar-refractivity contribution in [3.05, 3.63) is 36.7 Å². The molecule has 1 aliphatic rings. The van der Waals surface area contributed by atoms with E-state index in [1.165, 1.54) is 0 Å². The predicted octanol–water partition coefficient (Wildman–Crippen LogP) is 1.42. The van der Waals surface area contributed by atoms with E-state index in [-0.39, 0.29) is 11.8 Å². The number of aromatic nitrogens is 1. The lowest BCUT2D eigenvalue weighted by atomic mass is 10.1. The fraction of sp³-hybridized carbons (Fsp3) is 0.214. The Morgan fingerprint density at radius 2 is 2.05 bits per heavy atom. The quantitative estimate of drug-likeness (QED) is 0.825. The first-order valence-electron chi connectivity index (χ1n) is 6.07. The second kappa shape index (κ2) is 4.68. The van der Waals surface area contributed by atoms with Crippen LogP contribution in [0.3, 0.4) is 0 Å². The predicted molar refractivity (Wildman–Crippen MR) is 68.5 cm³/mol. The largest absolute Gasteiger partial charge is 0.478 e. The fourth-order valence-electron chi connectivity index (χ4n) is 2.12. The maximum atomic E-state index is 11.7. The number of hydrogen-bond donors (Lipinski definition) is 1. The number of carbonyl (C=O) groups is 2. The number of rotatable bonds is 2. The Hall–Kier alpha value is -2.43. The van der Waals surface area contributed by atoms with Crippen LogP contribution < -0.4 is 10.1 Å². The van der Waals surface area contributed by atoms with Crippen molar-refractivity contribution in [3.63, 3.8) is 0 Å². The number of ether oxygens (including phenoxy) is 1. The second-order valence-corrected chi connectivity index (χ2v) is 4.42. The third-order valence-electron chi connectivity index (χ3n) is 3.09. The molecule has 3 rings (SSSR count). The van der Waals surface area contributed by atoms with Crippen molar-refractivity contribution in [1.29, 1.82) is 0 Å². The summed E-state index contributed by atoms with van der Waals surface area (Å²) in [6.07, 6.45) is 3.39. The van der Waals surface area contributed by atoms with Crippen LogP contribution in [0.25, 0.3) is 10.8 Å². The zero-order valence-electron chi connectivity index (χ0n) is 10.1. The first kappa shape index (κ1) is 11.6. The van der Waals surface area contributed by atoms with Gasteiger partial charge in [-0.1, -0.05) is 24.3 Å². The highest BCUT2D eigenvalue weighted by atomic mass is 16.5. The molecule has 5 heteroatoms. The van der Waals surface area contributed by atoms with E-state index >= 15 is 0 Å². The van der Waals surface area contributed by atoms with E-state index in [4.69, 9.17) is 4.74 Å². The van der Waals surface area contributed by atoms with E-state index in [1.54, 1.807) is 12.4 Å². The van der Waals surface area contributed by atoms with Gasteiger partial charge >= 0.3 is 0 Å². The maximum Gasteiger partial charge on any atom is 0.267 e. The van der Waals surface area contributed by atoms with Gasteiger partial charge < -0.3 is 4.74 Å². The van der Waals surface area contributed by atoms with Crippen molar-refractivity contribution in [2.45, 2.75) is 18.9 Å². The summed E-state index contributed by atoms with van der Waals surface area (Å²) in [4.78, 5) is 26.8. The molecule has 1 fully saturated rings. The van der Waals surface area contributed by atoms with Gasteiger partial charge in [-0.15, -0.1) is 0 Å². The molecular formula is C14H12N2O3. The Morgan fingerprint density at radius 3 is 2.89 bits per heavy atom. The highest BCUT2D eigenvalue weighted by Crippen LogP contribution is 2.26. The molecule has 0 bridgehead atoms. The Kier molecular flexibility index (Phi) is 2.87. The molecule has 1 atom stereocenters. The van der Waals surface area contributed by atoms with Gasteiger partial charge in [-0.2, -0.15) is 0 Å². The summed E-state index contributed by atoms with van der Waals surface area (Å²) in [6.45, 7) is 0. The van der Waals surface area contributed by atoms with Gasteiger partial charge in [-0.3, -0.25) is 19.9 Å². The van der Waals surface area contributed by atoms with Gasteiger partial charge in [-0.25, -0.2) is 0 Å². The minimum Gasteiger partial charge on any atom is -0.478 e. The van der Waals surface area contributed by atoms with Gasteiger partial charge in [-0.05, 0) is 0 Å². The molecule has 0 aliphatic carbocycles. The zero-order valence-corrected chi connectivity index (χ0v) is 10.1. The number of amides is 2. The molecule has 0 saturated carbocycles. The summed E-state index contributed by atoms with van der Waals surface area (Å²) in [7, 11) is 0. The van der Waals surface area contributed by atoms with Crippen LogP contribution in [0.15, 0.2) is 36.7 Å². The number of hydrogen-bond acceptors (Lipinski definition) is 4. The van der Waals surface area contributed by atoms with E-state index in [1.807, 2.05) is 24.3 Å². The number of piperidine rings is 1. The van der Waals surface area contributed by atoms with E-state index < -0.39 is 6.10 Å². The van der Waals surface area contributed by atoms with Gasteiger partial charge in [0, 0.05) is 29.8 Å². The molecule has 2 heterocycles. The van der Waals surface area contributed by atoms with Crippen molar-refractivity contribution in [3.8, 4) is 5.75 Å². The van der Waals surface area contributed by atoms with Crippen LogP contribution in [-0.2, 0) is 9.59 Å². The topological polar surface area (TPSA) is 68.3 Å². The van der Waals surface area contributed by atoms with Crippen LogP contribution in [0.4, 0.5) is 0 Å². The smallest absolute Gasteiger partial charge is 0.267 e. The first-order valence-corrected chi connectivity index (χ1v) is 6.07. The molecule has 1 N–H and O–H groups in total. The van der Waals surface area contributed by atoms with Crippen molar-refractivity contribution in [2.75, 3.05) is 0 Å². The van der Waals surface area contributed by atoms with Crippen LogP contribution in [0.5, 0.6) is 5.75 Å². The van der Waals surface area contributed by atoms with Crippen LogP contribution in [0.1, 0.15) is 12.8 Å². The second-order valence-electron chi connectivity index (χ2n) is 4.42. The van der Waals surface area contributed by atoms with Crippen molar-refractivity contribution >= 4 is 22.6 Å². The Bertz CT molecular complexity index is 649. The first-order chi connectivity index (χ1) is 9.24. The van der Waals surface area contributed by atoms with Crippen LogP contribution in [0.2, 0.25) is 0 Å². The number of benzene rings is 1. The van der Waals surface area contributed by atoms with E-state index in [0.29, 0.717) is 18.6 Å². The minimum atomic E-state index is -0.634. The van der Waals surface area contributed by atoms with Gasteiger partial charge in [0.05, 0.1) is 6.20 Å². The molecule has 5 nitrogen and oxygen atoms in total. The summed E-state index contributed by atoms with van der Waals surface area (Å²) in [5.74, 6) is -0.0716. The molecular weight excluding hydrogens is 244 g/mol. The van der Waals surface area contributed by atoms with Crippen LogP contribution >= 0.6 is 0 Å². The molecule has 0 radical (unpaired) electrons. The Morgan fingerprint density at radius 1 is 1.21 bits per heavy atom. The molecule has 2 amide bonds. The standard InChI is InChI=1S/C14H12N2O3/c17-13-6-5-11(14(18)16-13)19-12-8-15-7-9-3-1-2-4-10(9)12/h1-4,7-8,11H,5-6H2,(H,16,17,18). The van der Waals surface area contributed by atoms with Gasteiger partial charge in [0.2, 0.25) is 5.91 Å². The molecule has 2 aromatic rings. The highest BCUT2D eigenvalue weighted by Gasteiger charge is 2.28. The number of carbonyl (C=O) groups excluding carboxylic acids is 2. The molecule has 96 valence electrons. The summed E-state index contributed by atoms with van der Waals surface area (Å²) in [5.41, 5.74) is 0. The fourth-order valence-corrected chi connectivity index (χ4v) is 2.12. The summed E-state index contributed by atoms with van der Waals surface area (Å²) < 4.78 is 5.70. The Labute approximate surface area is 109 Å². The normalized spacial score (nSPS) is 19.3. The number of imide groups is 1. The molecule has 19 heavy (non-hydrogen) atoms. The average Bonchev–Trinajstić information content (AvgIpc) is 2.42. The van der Waals surface area contributed by atoms with Crippen molar-refractivity contribution in [2.24, 2.45) is 0 Å². The number of pyridine rings is 1. The molecule has 0 spiro atoms. The number of fused-ring (bicyclic) bond motifs is 1. The van der Waals surface area contributed by atoms with Crippen LogP contribution in [0, 0.1) is 0 Å². The average molecular weight is 256 g/mol. The molecule has 1 aliphatic heterocycles. The van der Waals surface area contributed by atoms with Crippen molar-refractivity contribution < 1.29 is 14.3 Å². The van der Waals surface area contributed by atoms with Gasteiger partial charge in [0.1, 0.15) is 5.75 Å². The lowest BCUT2D eigenvalue weighted by Gasteiger charge is -2.22.